The van der Waals surface area contributed by atoms with E-state index in [0.29, 0.717) is 0 Å². The Kier molecular flexibility index (Phi) is 3.27. The van der Waals surface area contributed by atoms with Crippen LogP contribution in [0.3, 0.4) is 0 Å². The van der Waals surface area contributed by atoms with Gasteiger partial charge in [0.05, 0.1) is 5.56 Å². The Labute approximate surface area is 91.6 Å². The molecule has 0 N–H and O–H groups in total. The molecule has 0 spiro atoms. The van der Waals surface area contributed by atoms with Crippen molar-refractivity contribution in [3.8, 4) is 0 Å². The average molecular weight is 226 g/mol. The van der Waals surface area contributed by atoms with Crippen molar-refractivity contribution >= 4 is 28.0 Å². The van der Waals surface area contributed by atoms with Gasteiger partial charge in [-0.05, 0) is 5.46 Å². The van der Waals surface area contributed by atoms with E-state index in [0.717, 1.165) is 21.4 Å². The first-order chi connectivity index (χ1) is 7.59. The third kappa shape index (κ3) is 2.42. The number of rotatable bonds is 1. The molecule has 0 unspecified atom stereocenters. The van der Waals surface area contributed by atoms with Crippen molar-refractivity contribution in [1.29, 1.82) is 0 Å². The summed E-state index contributed by atoms with van der Waals surface area (Å²) in [6, 6.07) is 5.05. The van der Waals surface area contributed by atoms with E-state index >= 15 is 0 Å². The Hall–Kier alpha value is -0.915. The second-order valence-corrected chi connectivity index (χ2v) is 3.02. The van der Waals surface area contributed by atoms with Crippen LogP contribution in [0.5, 0.6) is 0 Å². The molecular weight excluding hydrogens is 222 g/mol. The fraction of sp³-hybridized carbons (Fsp3) is 0.143. The van der Waals surface area contributed by atoms with Gasteiger partial charge < -0.3 is 13.7 Å². The quantitative estimate of drug-likeness (QED) is 0.653. The smallest absolute Gasteiger partial charge is 0.457 e. The Morgan fingerprint density at radius 1 is 1.06 bits per heavy atom. The minimum atomic E-state index is -4.44. The molecule has 0 saturated carbocycles. The van der Waals surface area contributed by atoms with Gasteiger partial charge in [0.2, 0.25) is 0 Å². The lowest BCUT2D eigenvalue weighted by atomic mass is 9.72. The maximum Gasteiger partial charge on any atom is 0.466 e. The molecule has 1 aliphatic rings. The highest BCUT2D eigenvalue weighted by atomic mass is 19.4. The summed E-state index contributed by atoms with van der Waals surface area (Å²) in [5.41, 5.74) is -0.880. The first-order valence-electron chi connectivity index (χ1n) is 4.35. The second-order valence-electron chi connectivity index (χ2n) is 3.02. The number of alkyl halides is 3. The molecular formula is C7H4B3F3O3. The van der Waals surface area contributed by atoms with Crippen LogP contribution in [0.4, 0.5) is 13.2 Å². The Balaban J connectivity index is 2.32. The summed E-state index contributed by atoms with van der Waals surface area (Å²) >= 11 is 0. The molecule has 0 atom stereocenters. The monoisotopic (exact) mass is 226 g/mol. The molecule has 1 heterocycles. The zero-order chi connectivity index (χ0) is 11.6. The van der Waals surface area contributed by atoms with Crippen LogP contribution in [0.15, 0.2) is 24.3 Å². The maximum atomic E-state index is 12.6. The standard InChI is InChI=1S/C7H4B3F3O3/c11-7(12,13)5-3-1-2-4-6(5)10-15-8-14-9-16-10/h1-4H. The number of benzene rings is 1. The Bertz CT molecular complexity index is 367. The number of hydrogen-bond donors (Lipinski definition) is 0. The molecule has 2 radical (unpaired) electrons. The third-order valence-electron chi connectivity index (χ3n) is 1.99. The van der Waals surface area contributed by atoms with E-state index in [1.807, 2.05) is 0 Å². The number of hydrogen-bond acceptors (Lipinski definition) is 3. The first kappa shape index (κ1) is 11.6. The van der Waals surface area contributed by atoms with E-state index in [9.17, 15) is 13.2 Å². The molecule has 0 bridgehead atoms. The van der Waals surface area contributed by atoms with Crippen LogP contribution in [0.2, 0.25) is 0 Å². The minimum absolute atomic E-state index is 0.0919. The van der Waals surface area contributed by atoms with E-state index < -0.39 is 18.9 Å². The molecule has 0 amide bonds. The third-order valence-corrected chi connectivity index (χ3v) is 1.99. The maximum absolute atomic E-state index is 12.6. The minimum Gasteiger partial charge on any atom is -0.457 e. The zero-order valence-corrected chi connectivity index (χ0v) is 7.90. The van der Waals surface area contributed by atoms with E-state index in [1.54, 1.807) is 0 Å². The van der Waals surface area contributed by atoms with Gasteiger partial charge in [0.1, 0.15) is 0 Å². The Morgan fingerprint density at radius 3 is 2.31 bits per heavy atom. The van der Waals surface area contributed by atoms with Crippen molar-refractivity contribution < 1.29 is 26.9 Å². The molecule has 80 valence electrons. The van der Waals surface area contributed by atoms with Crippen LogP contribution in [-0.4, -0.2) is 22.5 Å². The van der Waals surface area contributed by atoms with Gasteiger partial charge in [-0.15, -0.1) is 0 Å². The summed E-state index contributed by atoms with van der Waals surface area (Å²) in [7, 11) is 0.703. The largest absolute Gasteiger partial charge is 0.466 e. The molecule has 1 aromatic rings. The van der Waals surface area contributed by atoms with E-state index in [4.69, 9.17) is 9.14 Å². The van der Waals surface area contributed by atoms with E-state index in [2.05, 4.69) is 4.57 Å². The first-order valence-corrected chi connectivity index (χ1v) is 4.35. The summed E-state index contributed by atoms with van der Waals surface area (Å²) in [4.78, 5) is 0. The van der Waals surface area contributed by atoms with Crippen LogP contribution in [0, 0.1) is 0 Å². The Morgan fingerprint density at radius 2 is 1.69 bits per heavy atom. The second kappa shape index (κ2) is 4.53. The predicted octanol–water partition coefficient (Wildman–Crippen LogP) is 0.532. The molecule has 1 saturated heterocycles. The summed E-state index contributed by atoms with van der Waals surface area (Å²) in [5.74, 6) is 0. The zero-order valence-electron chi connectivity index (χ0n) is 7.90. The molecule has 1 fully saturated rings. The van der Waals surface area contributed by atoms with Crippen LogP contribution in [-0.2, 0) is 19.9 Å². The van der Waals surface area contributed by atoms with Gasteiger partial charge in [-0.25, -0.2) is 0 Å². The van der Waals surface area contributed by atoms with Crippen molar-refractivity contribution in [2.45, 2.75) is 6.18 Å². The van der Waals surface area contributed by atoms with Crippen LogP contribution in [0.25, 0.3) is 0 Å². The van der Waals surface area contributed by atoms with Gasteiger partial charge in [0, 0.05) is 0 Å². The lowest BCUT2D eigenvalue weighted by Gasteiger charge is -2.21. The number of halogens is 3. The van der Waals surface area contributed by atoms with Crippen LogP contribution in [0.1, 0.15) is 5.56 Å². The van der Waals surface area contributed by atoms with E-state index in [1.165, 1.54) is 18.2 Å². The molecule has 9 heteroatoms. The van der Waals surface area contributed by atoms with E-state index in [-0.39, 0.29) is 5.46 Å². The van der Waals surface area contributed by atoms with Gasteiger partial charge in [0.15, 0.2) is 0 Å². The highest BCUT2D eigenvalue weighted by molar-refractivity contribution is 6.71. The lowest BCUT2D eigenvalue weighted by molar-refractivity contribution is -0.136. The molecule has 16 heavy (non-hydrogen) atoms. The summed E-state index contributed by atoms with van der Waals surface area (Å²) in [6.07, 6.45) is -4.44. The molecule has 1 aliphatic heterocycles. The molecule has 2 rings (SSSR count). The van der Waals surface area contributed by atoms with Gasteiger partial charge in [-0.2, -0.15) is 13.2 Å². The highest BCUT2D eigenvalue weighted by Gasteiger charge is 2.38. The van der Waals surface area contributed by atoms with Crippen molar-refractivity contribution in [2.75, 3.05) is 0 Å². The predicted molar refractivity (Wildman–Crippen MR) is 51.6 cm³/mol. The van der Waals surface area contributed by atoms with Crippen molar-refractivity contribution in [1.82, 2.24) is 0 Å². The van der Waals surface area contributed by atoms with Crippen molar-refractivity contribution in [2.24, 2.45) is 0 Å². The highest BCUT2D eigenvalue weighted by Crippen LogP contribution is 2.28. The van der Waals surface area contributed by atoms with Gasteiger partial charge in [0.25, 0.3) is 0 Å². The molecule has 0 aliphatic carbocycles. The van der Waals surface area contributed by atoms with Crippen molar-refractivity contribution in [3.63, 3.8) is 0 Å². The van der Waals surface area contributed by atoms with Gasteiger partial charge in [-0.3, -0.25) is 0 Å². The summed E-state index contributed by atoms with van der Waals surface area (Å²) in [6.45, 7) is 0. The van der Waals surface area contributed by atoms with Crippen molar-refractivity contribution in [3.05, 3.63) is 29.8 Å². The van der Waals surface area contributed by atoms with Crippen LogP contribution >= 0.6 is 0 Å². The fourth-order valence-corrected chi connectivity index (χ4v) is 1.33. The SMILES string of the molecule is FC(F)(F)c1ccccc1B1O[B]O[B]O1. The average Bonchev–Trinajstić information content (AvgIpc) is 2.29. The van der Waals surface area contributed by atoms with Crippen LogP contribution < -0.4 is 5.46 Å². The summed E-state index contributed by atoms with van der Waals surface area (Å²) < 4.78 is 52.0. The molecule has 0 aromatic heterocycles. The normalized spacial score (nSPS) is 16.6. The van der Waals surface area contributed by atoms with Gasteiger partial charge in [-0.1, -0.05) is 24.3 Å². The molecule has 3 nitrogen and oxygen atoms in total. The molecule has 1 aromatic carbocycles. The lowest BCUT2D eigenvalue weighted by Crippen LogP contribution is -2.46. The summed E-state index contributed by atoms with van der Waals surface area (Å²) in [5, 5.41) is 0. The van der Waals surface area contributed by atoms with Gasteiger partial charge >= 0.3 is 28.7 Å². The fourth-order valence-electron chi connectivity index (χ4n) is 1.33. The topological polar surface area (TPSA) is 27.7 Å².